The lowest BCUT2D eigenvalue weighted by Crippen LogP contribution is -2.25. The van der Waals surface area contributed by atoms with E-state index in [1.54, 1.807) is 0 Å². The van der Waals surface area contributed by atoms with Crippen molar-refractivity contribution in [1.82, 2.24) is 9.78 Å². The molecule has 1 aromatic heterocycles. The molecule has 1 fully saturated rings. The van der Waals surface area contributed by atoms with Gasteiger partial charge in [0.25, 0.3) is 0 Å². The lowest BCUT2D eigenvalue weighted by Gasteiger charge is -2.18. The summed E-state index contributed by atoms with van der Waals surface area (Å²) in [6, 6.07) is 4.65. The molecule has 0 spiro atoms. The molecule has 3 rings (SSSR count). The summed E-state index contributed by atoms with van der Waals surface area (Å²) in [7, 11) is 0. The van der Waals surface area contributed by atoms with Crippen LogP contribution < -0.4 is 4.90 Å². The van der Waals surface area contributed by atoms with Crippen LogP contribution in [-0.4, -0.2) is 33.3 Å². The van der Waals surface area contributed by atoms with Gasteiger partial charge in [-0.05, 0) is 18.2 Å². The third-order valence-electron chi connectivity index (χ3n) is 4.02. The molecule has 2 aromatic rings. The Labute approximate surface area is 140 Å². The van der Waals surface area contributed by atoms with Crippen molar-refractivity contribution in [3.05, 3.63) is 47.8 Å². The minimum atomic E-state index is -4.47. The molecule has 0 aliphatic carbocycles. The molecule has 6 nitrogen and oxygen atoms in total. The minimum absolute atomic E-state index is 0.0408. The predicted molar refractivity (Wildman–Crippen MR) is 81.1 cm³/mol. The number of carboxylic acids is 1. The van der Waals surface area contributed by atoms with Gasteiger partial charge in [0.05, 0.1) is 17.3 Å². The summed E-state index contributed by atoms with van der Waals surface area (Å²) in [5.41, 5.74) is -0.563. The number of alkyl halides is 3. The van der Waals surface area contributed by atoms with Crippen molar-refractivity contribution in [2.24, 2.45) is 5.92 Å². The predicted octanol–water partition coefficient (Wildman–Crippen LogP) is 2.65. The van der Waals surface area contributed by atoms with Crippen LogP contribution in [0.15, 0.2) is 36.7 Å². The minimum Gasteiger partial charge on any atom is -0.478 e. The van der Waals surface area contributed by atoms with Gasteiger partial charge in [0, 0.05) is 37.3 Å². The van der Waals surface area contributed by atoms with Crippen molar-refractivity contribution in [3.8, 4) is 0 Å². The molecule has 1 saturated heterocycles. The Morgan fingerprint density at radius 1 is 1.36 bits per heavy atom. The number of hydrogen-bond acceptors (Lipinski definition) is 3. The van der Waals surface area contributed by atoms with Gasteiger partial charge < -0.3 is 10.0 Å². The van der Waals surface area contributed by atoms with Crippen LogP contribution in [0.2, 0.25) is 0 Å². The highest BCUT2D eigenvalue weighted by Gasteiger charge is 2.34. The second-order valence-electron chi connectivity index (χ2n) is 5.88. The van der Waals surface area contributed by atoms with Gasteiger partial charge in [-0.1, -0.05) is 6.07 Å². The molecular formula is C16H14F3N3O3. The molecule has 25 heavy (non-hydrogen) atoms. The van der Waals surface area contributed by atoms with Crippen LogP contribution >= 0.6 is 0 Å². The van der Waals surface area contributed by atoms with Crippen molar-refractivity contribution in [3.63, 3.8) is 0 Å². The second-order valence-corrected chi connectivity index (χ2v) is 5.88. The molecule has 1 atom stereocenters. The Balaban J connectivity index is 1.73. The van der Waals surface area contributed by atoms with Crippen LogP contribution in [0.3, 0.4) is 0 Å². The van der Waals surface area contributed by atoms with Gasteiger partial charge in [-0.2, -0.15) is 18.3 Å². The quantitative estimate of drug-likeness (QED) is 0.917. The summed E-state index contributed by atoms with van der Waals surface area (Å²) in [4.78, 5) is 24.3. The lowest BCUT2D eigenvalue weighted by molar-refractivity contribution is -0.137. The second kappa shape index (κ2) is 6.23. The van der Waals surface area contributed by atoms with Gasteiger partial charge in [0.15, 0.2) is 0 Å². The van der Waals surface area contributed by atoms with E-state index >= 15 is 0 Å². The first-order valence-corrected chi connectivity index (χ1v) is 7.47. The maximum absolute atomic E-state index is 12.8. The highest BCUT2D eigenvalue weighted by molar-refractivity contribution is 5.95. The number of carboxylic acid groups (broad SMARTS) is 1. The lowest BCUT2D eigenvalue weighted by atomic mass is 10.1. The number of hydrogen-bond donors (Lipinski definition) is 1. The van der Waals surface area contributed by atoms with E-state index in [9.17, 15) is 22.8 Å². The van der Waals surface area contributed by atoms with E-state index in [0.717, 1.165) is 12.1 Å². The highest BCUT2D eigenvalue weighted by atomic mass is 19.4. The van der Waals surface area contributed by atoms with Crippen LogP contribution in [0.4, 0.5) is 18.9 Å². The number of benzene rings is 1. The van der Waals surface area contributed by atoms with E-state index in [1.165, 1.54) is 34.1 Å². The average Bonchev–Trinajstić information content (AvgIpc) is 3.14. The topological polar surface area (TPSA) is 75.4 Å². The Bertz CT molecular complexity index is 816. The molecule has 0 saturated carbocycles. The van der Waals surface area contributed by atoms with E-state index in [4.69, 9.17) is 5.11 Å². The smallest absolute Gasteiger partial charge is 0.416 e. The number of amides is 1. The number of halogens is 3. The van der Waals surface area contributed by atoms with Crippen LogP contribution in [0.5, 0.6) is 0 Å². The number of rotatable bonds is 4. The molecule has 1 aliphatic heterocycles. The summed E-state index contributed by atoms with van der Waals surface area (Å²) in [6.45, 7) is 0.566. The average molecular weight is 353 g/mol. The van der Waals surface area contributed by atoms with Crippen molar-refractivity contribution in [2.75, 3.05) is 11.4 Å². The molecule has 0 radical (unpaired) electrons. The molecule has 1 aromatic carbocycles. The molecule has 0 bridgehead atoms. The standard InChI is InChI=1S/C16H14F3N3O3/c17-16(18,19)12-2-1-3-13(5-12)22-8-10(4-14(22)23)7-21-9-11(6-20-21)15(24)25/h1-3,5-6,9-10H,4,7-8H2,(H,24,25). The molecular weight excluding hydrogens is 339 g/mol. The largest absolute Gasteiger partial charge is 0.478 e. The third-order valence-corrected chi connectivity index (χ3v) is 4.02. The highest BCUT2D eigenvalue weighted by Crippen LogP contribution is 2.33. The first-order valence-electron chi connectivity index (χ1n) is 7.47. The maximum Gasteiger partial charge on any atom is 0.416 e. The van der Waals surface area contributed by atoms with Crippen LogP contribution in [0, 0.1) is 5.92 Å². The Kier molecular flexibility index (Phi) is 4.23. The molecule has 132 valence electrons. The number of carbonyl (C=O) groups is 2. The van der Waals surface area contributed by atoms with Crippen LogP contribution in [0.25, 0.3) is 0 Å². The van der Waals surface area contributed by atoms with Gasteiger partial charge in [-0.25, -0.2) is 4.79 Å². The molecule has 2 heterocycles. The van der Waals surface area contributed by atoms with E-state index in [2.05, 4.69) is 5.10 Å². The molecule has 1 aliphatic rings. The van der Waals surface area contributed by atoms with Gasteiger partial charge in [0.2, 0.25) is 5.91 Å². The maximum atomic E-state index is 12.8. The van der Waals surface area contributed by atoms with Crippen molar-refractivity contribution < 1.29 is 27.9 Å². The van der Waals surface area contributed by atoms with E-state index in [0.29, 0.717) is 6.54 Å². The van der Waals surface area contributed by atoms with Crippen molar-refractivity contribution >= 4 is 17.6 Å². The summed E-state index contributed by atoms with van der Waals surface area (Å²) < 4.78 is 39.9. The summed E-state index contributed by atoms with van der Waals surface area (Å²) in [5.74, 6) is -1.53. The van der Waals surface area contributed by atoms with E-state index < -0.39 is 17.7 Å². The Morgan fingerprint density at radius 2 is 2.12 bits per heavy atom. The molecule has 1 N–H and O–H groups in total. The van der Waals surface area contributed by atoms with E-state index in [1.807, 2.05) is 0 Å². The van der Waals surface area contributed by atoms with Crippen LogP contribution in [-0.2, 0) is 17.5 Å². The number of nitrogens with zero attached hydrogens (tertiary/aromatic N) is 3. The van der Waals surface area contributed by atoms with Crippen molar-refractivity contribution in [2.45, 2.75) is 19.1 Å². The monoisotopic (exact) mass is 353 g/mol. The Morgan fingerprint density at radius 3 is 2.76 bits per heavy atom. The van der Waals surface area contributed by atoms with Gasteiger partial charge in [-0.15, -0.1) is 0 Å². The van der Waals surface area contributed by atoms with Crippen molar-refractivity contribution in [1.29, 1.82) is 0 Å². The summed E-state index contributed by atoms with van der Waals surface area (Å²) >= 11 is 0. The zero-order valence-electron chi connectivity index (χ0n) is 12.9. The number of aromatic carboxylic acids is 1. The Hall–Kier alpha value is -2.84. The first-order chi connectivity index (χ1) is 11.7. The van der Waals surface area contributed by atoms with Gasteiger partial charge in [-0.3, -0.25) is 9.48 Å². The van der Waals surface area contributed by atoms with Crippen LogP contribution in [0.1, 0.15) is 22.3 Å². The normalized spacial score (nSPS) is 18.0. The fourth-order valence-corrected chi connectivity index (χ4v) is 2.84. The molecule has 9 heteroatoms. The fraction of sp³-hybridized carbons (Fsp3) is 0.312. The fourth-order valence-electron chi connectivity index (χ4n) is 2.84. The number of anilines is 1. The van der Waals surface area contributed by atoms with Gasteiger partial charge in [0.1, 0.15) is 0 Å². The molecule has 1 unspecified atom stereocenters. The van der Waals surface area contributed by atoms with E-state index in [-0.39, 0.29) is 36.0 Å². The zero-order valence-corrected chi connectivity index (χ0v) is 12.9. The zero-order chi connectivity index (χ0) is 18.2. The summed E-state index contributed by atoms with van der Waals surface area (Å²) in [5, 5.41) is 12.8. The summed E-state index contributed by atoms with van der Waals surface area (Å²) in [6.07, 6.45) is -1.73. The first kappa shape index (κ1) is 17.0. The SMILES string of the molecule is O=C(O)c1cnn(CC2CC(=O)N(c3cccc(C(F)(F)F)c3)C2)c1. The molecule has 1 amide bonds. The number of carbonyl (C=O) groups excluding carboxylic acids is 1. The number of aromatic nitrogens is 2. The van der Waals surface area contributed by atoms with Gasteiger partial charge >= 0.3 is 12.1 Å². The third kappa shape index (κ3) is 3.65.